The van der Waals surface area contributed by atoms with Gasteiger partial charge in [0.05, 0.1) is 0 Å². The smallest absolute Gasteiger partial charge is 0.309 e. The van der Waals surface area contributed by atoms with Gasteiger partial charge in [0.2, 0.25) is 0 Å². The van der Waals surface area contributed by atoms with Gasteiger partial charge in [-0.25, -0.2) is 0 Å². The first kappa shape index (κ1) is 21.9. The molecule has 1 rings (SSSR count). The third kappa shape index (κ3) is 10.5. The molecular formula is C20H39N3O2. The highest BCUT2D eigenvalue weighted by Gasteiger charge is 2.18. The zero-order valence-corrected chi connectivity index (χ0v) is 16.4. The number of amides is 2. The van der Waals surface area contributed by atoms with Crippen molar-refractivity contribution < 1.29 is 9.59 Å². The third-order valence-corrected chi connectivity index (χ3v) is 5.25. The fraction of sp³-hybridized carbons (Fsp3) is 0.900. The van der Waals surface area contributed by atoms with Crippen LogP contribution in [0.5, 0.6) is 0 Å². The van der Waals surface area contributed by atoms with Crippen molar-refractivity contribution in [3.63, 3.8) is 0 Å². The van der Waals surface area contributed by atoms with E-state index in [2.05, 4.69) is 29.4 Å². The molecule has 0 unspecified atom stereocenters. The number of hydrogen-bond acceptors (Lipinski definition) is 3. The van der Waals surface area contributed by atoms with Crippen LogP contribution in [-0.2, 0) is 9.59 Å². The lowest BCUT2D eigenvalue weighted by Gasteiger charge is -2.20. The zero-order chi connectivity index (χ0) is 18.3. The van der Waals surface area contributed by atoms with Gasteiger partial charge in [-0.3, -0.25) is 9.59 Å². The van der Waals surface area contributed by atoms with Crippen LogP contribution >= 0.6 is 0 Å². The molecule has 0 heterocycles. The first-order valence-electron chi connectivity index (χ1n) is 10.5. The van der Waals surface area contributed by atoms with Gasteiger partial charge < -0.3 is 15.5 Å². The summed E-state index contributed by atoms with van der Waals surface area (Å²) in [6, 6.07) is 0.153. The van der Waals surface area contributed by atoms with Gasteiger partial charge in [0.15, 0.2) is 0 Å². The number of likely N-dealkylation sites (N-methyl/N-ethyl adjacent to an activating group) is 1. The SMILES string of the molecule is CCN(CC)CCNC(=O)C(=O)NC1CCCCCCCCCCC1. The molecule has 0 aromatic carbocycles. The van der Waals surface area contributed by atoms with E-state index in [1.165, 1.54) is 44.9 Å². The largest absolute Gasteiger partial charge is 0.347 e. The van der Waals surface area contributed by atoms with E-state index < -0.39 is 11.8 Å². The molecule has 2 amide bonds. The Morgan fingerprint density at radius 3 is 1.76 bits per heavy atom. The lowest BCUT2D eigenvalue weighted by molar-refractivity contribution is -0.139. The molecule has 1 aliphatic carbocycles. The number of carbonyl (C=O) groups is 2. The van der Waals surface area contributed by atoms with Crippen LogP contribution < -0.4 is 10.6 Å². The summed E-state index contributed by atoms with van der Waals surface area (Å²) in [4.78, 5) is 26.4. The van der Waals surface area contributed by atoms with E-state index >= 15 is 0 Å². The highest BCUT2D eigenvalue weighted by Crippen LogP contribution is 2.16. The van der Waals surface area contributed by atoms with Gasteiger partial charge in [0.25, 0.3) is 0 Å². The van der Waals surface area contributed by atoms with Gasteiger partial charge in [-0.1, -0.05) is 71.6 Å². The highest BCUT2D eigenvalue weighted by atomic mass is 16.2. The second-order valence-corrected chi connectivity index (χ2v) is 7.21. The first-order chi connectivity index (χ1) is 12.2. The highest BCUT2D eigenvalue weighted by molar-refractivity contribution is 6.35. The Kier molecular flexibility index (Phi) is 12.4. The Bertz CT molecular complexity index is 358. The first-order valence-corrected chi connectivity index (χ1v) is 10.5. The van der Waals surface area contributed by atoms with E-state index in [-0.39, 0.29) is 6.04 Å². The number of nitrogens with zero attached hydrogens (tertiary/aromatic N) is 1. The molecule has 1 aliphatic rings. The van der Waals surface area contributed by atoms with Gasteiger partial charge in [-0.2, -0.15) is 0 Å². The van der Waals surface area contributed by atoms with Crippen LogP contribution in [0.4, 0.5) is 0 Å². The standard InChI is InChI=1S/C20H39N3O2/c1-3-23(4-2)17-16-21-19(24)20(25)22-18-14-12-10-8-6-5-7-9-11-13-15-18/h18H,3-17H2,1-2H3,(H,21,24)(H,22,25). The summed E-state index contributed by atoms with van der Waals surface area (Å²) in [5, 5.41) is 5.72. The number of rotatable bonds is 6. The van der Waals surface area contributed by atoms with E-state index in [1.807, 2.05) is 0 Å². The molecular weight excluding hydrogens is 314 g/mol. The molecule has 0 aromatic heterocycles. The second kappa shape index (κ2) is 14.1. The van der Waals surface area contributed by atoms with E-state index in [4.69, 9.17) is 0 Å². The zero-order valence-electron chi connectivity index (χ0n) is 16.4. The minimum Gasteiger partial charge on any atom is -0.347 e. The average Bonchev–Trinajstić information content (AvgIpc) is 2.60. The summed E-state index contributed by atoms with van der Waals surface area (Å²) in [6.07, 6.45) is 13.4. The number of carbonyl (C=O) groups excluding carboxylic acids is 2. The molecule has 0 aliphatic heterocycles. The summed E-state index contributed by atoms with van der Waals surface area (Å²) in [5.41, 5.74) is 0. The minimum atomic E-state index is -0.488. The maximum Gasteiger partial charge on any atom is 0.309 e. The molecule has 1 saturated carbocycles. The molecule has 0 spiro atoms. The second-order valence-electron chi connectivity index (χ2n) is 7.21. The molecule has 5 heteroatoms. The van der Waals surface area contributed by atoms with Gasteiger partial charge in [0.1, 0.15) is 0 Å². The quantitative estimate of drug-likeness (QED) is 0.721. The van der Waals surface area contributed by atoms with Gasteiger partial charge >= 0.3 is 11.8 Å². The lowest BCUT2D eigenvalue weighted by atomic mass is 9.98. The summed E-state index contributed by atoms with van der Waals surface area (Å²) in [7, 11) is 0. The van der Waals surface area contributed by atoms with Crippen LogP contribution in [0.3, 0.4) is 0 Å². The topological polar surface area (TPSA) is 61.4 Å². The molecule has 146 valence electrons. The van der Waals surface area contributed by atoms with Crippen molar-refractivity contribution in [1.29, 1.82) is 0 Å². The van der Waals surface area contributed by atoms with Crippen molar-refractivity contribution in [2.45, 2.75) is 90.5 Å². The molecule has 0 atom stereocenters. The molecule has 2 N–H and O–H groups in total. The van der Waals surface area contributed by atoms with Crippen LogP contribution in [0, 0.1) is 0 Å². The fourth-order valence-electron chi connectivity index (χ4n) is 3.51. The Hall–Kier alpha value is -1.10. The van der Waals surface area contributed by atoms with Gasteiger partial charge in [-0.05, 0) is 25.9 Å². The predicted molar refractivity (Wildman–Crippen MR) is 104 cm³/mol. The van der Waals surface area contributed by atoms with Crippen molar-refractivity contribution in [1.82, 2.24) is 15.5 Å². The maximum absolute atomic E-state index is 12.2. The van der Waals surface area contributed by atoms with E-state index in [1.54, 1.807) is 0 Å². The predicted octanol–water partition coefficient (Wildman–Crippen LogP) is 3.23. The van der Waals surface area contributed by atoms with Crippen LogP contribution in [0.25, 0.3) is 0 Å². The molecule has 0 radical (unpaired) electrons. The maximum atomic E-state index is 12.2. The minimum absolute atomic E-state index is 0.153. The van der Waals surface area contributed by atoms with E-state index in [0.29, 0.717) is 6.54 Å². The van der Waals surface area contributed by atoms with Gasteiger partial charge in [-0.15, -0.1) is 0 Å². The monoisotopic (exact) mass is 353 g/mol. The molecule has 0 saturated heterocycles. The molecule has 0 bridgehead atoms. The van der Waals surface area contributed by atoms with Crippen LogP contribution in [0.2, 0.25) is 0 Å². The molecule has 0 aromatic rings. The number of hydrogen-bond donors (Lipinski definition) is 2. The summed E-state index contributed by atoms with van der Waals surface area (Å²) in [6.45, 7) is 7.43. The Labute approximate surface area is 154 Å². The summed E-state index contributed by atoms with van der Waals surface area (Å²) >= 11 is 0. The molecule has 25 heavy (non-hydrogen) atoms. The fourth-order valence-corrected chi connectivity index (χ4v) is 3.51. The van der Waals surface area contributed by atoms with Crippen molar-refractivity contribution in [2.24, 2.45) is 0 Å². The van der Waals surface area contributed by atoms with Crippen molar-refractivity contribution in [3.8, 4) is 0 Å². The van der Waals surface area contributed by atoms with E-state index in [0.717, 1.165) is 45.3 Å². The van der Waals surface area contributed by atoms with Gasteiger partial charge in [0, 0.05) is 19.1 Å². The third-order valence-electron chi connectivity index (χ3n) is 5.25. The van der Waals surface area contributed by atoms with Crippen LogP contribution in [0.1, 0.15) is 84.5 Å². The summed E-state index contributed by atoms with van der Waals surface area (Å²) < 4.78 is 0. The van der Waals surface area contributed by atoms with Crippen LogP contribution in [0.15, 0.2) is 0 Å². The molecule has 5 nitrogen and oxygen atoms in total. The van der Waals surface area contributed by atoms with Crippen LogP contribution in [-0.4, -0.2) is 48.9 Å². The Balaban J connectivity index is 2.33. The molecule has 1 fully saturated rings. The van der Waals surface area contributed by atoms with Crippen molar-refractivity contribution in [3.05, 3.63) is 0 Å². The normalized spacial score (nSPS) is 18.2. The number of nitrogens with one attached hydrogen (secondary N) is 2. The lowest BCUT2D eigenvalue weighted by Crippen LogP contribution is -2.46. The Morgan fingerprint density at radius 2 is 1.28 bits per heavy atom. The van der Waals surface area contributed by atoms with Crippen molar-refractivity contribution in [2.75, 3.05) is 26.2 Å². The van der Waals surface area contributed by atoms with Crippen molar-refractivity contribution >= 4 is 11.8 Å². The Morgan fingerprint density at radius 1 is 0.800 bits per heavy atom. The average molecular weight is 354 g/mol. The van der Waals surface area contributed by atoms with E-state index in [9.17, 15) is 9.59 Å². The summed E-state index contributed by atoms with van der Waals surface area (Å²) in [5.74, 6) is -0.949.